The maximum atomic E-state index is 13.3. The molecule has 16 heavy (non-hydrogen) atoms. The van der Waals surface area contributed by atoms with E-state index >= 15 is 0 Å². The molecule has 1 amide bonds. The smallest absolute Gasteiger partial charge is 0.252 e. The fourth-order valence-electron chi connectivity index (χ4n) is 1.17. The van der Waals surface area contributed by atoms with E-state index in [0.29, 0.717) is 10.0 Å². The van der Waals surface area contributed by atoms with Crippen LogP contribution in [0.4, 0.5) is 4.39 Å². The minimum Gasteiger partial charge on any atom is -0.394 e. The van der Waals surface area contributed by atoms with Gasteiger partial charge in [-0.1, -0.05) is 0 Å². The van der Waals surface area contributed by atoms with Crippen LogP contribution in [0.2, 0.25) is 0 Å². The van der Waals surface area contributed by atoms with Gasteiger partial charge in [0, 0.05) is 10.5 Å². The summed E-state index contributed by atoms with van der Waals surface area (Å²) in [6, 6.07) is 2.37. The highest BCUT2D eigenvalue weighted by Gasteiger charge is 2.14. The van der Waals surface area contributed by atoms with Gasteiger partial charge in [0.25, 0.3) is 5.91 Å². The molecule has 1 unspecified atom stereocenters. The normalized spacial score (nSPS) is 12.3. The van der Waals surface area contributed by atoms with Crippen molar-refractivity contribution in [2.45, 2.75) is 19.9 Å². The Morgan fingerprint density at radius 1 is 1.62 bits per heavy atom. The Bertz CT molecular complexity index is 409. The van der Waals surface area contributed by atoms with Crippen molar-refractivity contribution < 1.29 is 14.3 Å². The summed E-state index contributed by atoms with van der Waals surface area (Å²) < 4.78 is 13.8. The highest BCUT2D eigenvalue weighted by Crippen LogP contribution is 2.21. The Hall–Kier alpha value is -0.940. The summed E-state index contributed by atoms with van der Waals surface area (Å²) in [5.41, 5.74) is 0.696. The summed E-state index contributed by atoms with van der Waals surface area (Å²) >= 11 is 3.20. The molecule has 0 saturated carbocycles. The van der Waals surface area contributed by atoms with Gasteiger partial charge in [-0.3, -0.25) is 4.79 Å². The van der Waals surface area contributed by atoms with Gasteiger partial charge < -0.3 is 10.4 Å². The van der Waals surface area contributed by atoms with Gasteiger partial charge in [0.15, 0.2) is 0 Å². The lowest BCUT2D eigenvalue weighted by Gasteiger charge is -2.12. The summed E-state index contributed by atoms with van der Waals surface area (Å²) in [6.07, 6.45) is 0. The standard InChI is InChI=1S/C11H13BrFNO2/c1-6-3-9(12)8(4-10(6)13)11(16)14-7(2)5-15/h3-4,7,15H,5H2,1-2H3,(H,14,16). The Kier molecular flexibility index (Phi) is 4.44. The van der Waals surface area contributed by atoms with E-state index in [1.165, 1.54) is 6.07 Å². The number of carbonyl (C=O) groups is 1. The Morgan fingerprint density at radius 2 is 2.25 bits per heavy atom. The number of carbonyl (C=O) groups excluding carboxylic acids is 1. The lowest BCUT2D eigenvalue weighted by atomic mass is 10.1. The van der Waals surface area contributed by atoms with Crippen molar-refractivity contribution in [3.8, 4) is 0 Å². The van der Waals surface area contributed by atoms with Gasteiger partial charge in [0.1, 0.15) is 5.82 Å². The van der Waals surface area contributed by atoms with Crippen LogP contribution in [0.25, 0.3) is 0 Å². The van der Waals surface area contributed by atoms with E-state index in [1.807, 2.05) is 0 Å². The number of aliphatic hydroxyl groups excluding tert-OH is 1. The molecule has 1 aromatic carbocycles. The minimum atomic E-state index is -0.426. The number of hydrogen-bond donors (Lipinski definition) is 2. The summed E-state index contributed by atoms with van der Waals surface area (Å²) in [4.78, 5) is 11.7. The largest absolute Gasteiger partial charge is 0.394 e. The third-order valence-electron chi connectivity index (χ3n) is 2.14. The monoisotopic (exact) mass is 289 g/mol. The summed E-state index contributed by atoms with van der Waals surface area (Å²) in [5, 5.41) is 11.3. The van der Waals surface area contributed by atoms with E-state index in [2.05, 4.69) is 21.2 Å². The highest BCUT2D eigenvalue weighted by atomic mass is 79.9. The molecule has 0 fully saturated rings. The number of aryl methyl sites for hydroxylation is 1. The van der Waals surface area contributed by atoms with Crippen molar-refractivity contribution in [1.29, 1.82) is 0 Å². The molecule has 0 saturated heterocycles. The third kappa shape index (κ3) is 3.02. The third-order valence-corrected chi connectivity index (χ3v) is 2.80. The molecule has 0 spiro atoms. The summed E-state index contributed by atoms with van der Waals surface area (Å²) in [7, 11) is 0. The predicted molar refractivity (Wildman–Crippen MR) is 62.9 cm³/mol. The quantitative estimate of drug-likeness (QED) is 0.894. The molecule has 5 heteroatoms. The average Bonchev–Trinajstić information content (AvgIpc) is 2.23. The van der Waals surface area contributed by atoms with Gasteiger partial charge in [-0.2, -0.15) is 0 Å². The number of aliphatic hydroxyl groups is 1. The molecule has 0 aromatic heterocycles. The van der Waals surface area contributed by atoms with Crippen LogP contribution in [-0.4, -0.2) is 23.7 Å². The predicted octanol–water partition coefficient (Wildman–Crippen LogP) is 2.01. The van der Waals surface area contributed by atoms with Crippen LogP contribution in [0.3, 0.4) is 0 Å². The van der Waals surface area contributed by atoms with Gasteiger partial charge in [0.2, 0.25) is 0 Å². The van der Waals surface area contributed by atoms with Crippen LogP contribution < -0.4 is 5.32 Å². The molecule has 0 aliphatic heterocycles. The number of rotatable bonds is 3. The van der Waals surface area contributed by atoms with E-state index in [4.69, 9.17) is 5.11 Å². The molecule has 2 N–H and O–H groups in total. The number of halogens is 2. The SMILES string of the molecule is Cc1cc(Br)c(C(=O)NC(C)CO)cc1F. The zero-order valence-electron chi connectivity index (χ0n) is 9.05. The second-order valence-electron chi connectivity index (χ2n) is 3.64. The van der Waals surface area contributed by atoms with E-state index in [-0.39, 0.29) is 18.2 Å². The lowest BCUT2D eigenvalue weighted by Crippen LogP contribution is -2.35. The van der Waals surface area contributed by atoms with Crippen LogP contribution in [0.15, 0.2) is 16.6 Å². The van der Waals surface area contributed by atoms with Gasteiger partial charge in [0.05, 0.1) is 12.2 Å². The topological polar surface area (TPSA) is 49.3 Å². The van der Waals surface area contributed by atoms with E-state index in [9.17, 15) is 9.18 Å². The molecule has 0 aliphatic rings. The van der Waals surface area contributed by atoms with E-state index in [0.717, 1.165) is 0 Å². The second-order valence-corrected chi connectivity index (χ2v) is 4.49. The number of amides is 1. The summed E-state index contributed by atoms with van der Waals surface area (Å²) in [5.74, 6) is -0.836. The lowest BCUT2D eigenvalue weighted by molar-refractivity contribution is 0.0921. The van der Waals surface area contributed by atoms with Crippen molar-refractivity contribution in [2.75, 3.05) is 6.61 Å². The van der Waals surface area contributed by atoms with Crippen molar-refractivity contribution in [3.05, 3.63) is 33.5 Å². The van der Waals surface area contributed by atoms with Crippen molar-refractivity contribution in [1.82, 2.24) is 5.32 Å². The number of nitrogens with one attached hydrogen (secondary N) is 1. The first kappa shape index (κ1) is 13.1. The number of hydrogen-bond acceptors (Lipinski definition) is 2. The maximum absolute atomic E-state index is 13.3. The van der Waals surface area contributed by atoms with Crippen molar-refractivity contribution >= 4 is 21.8 Å². The number of benzene rings is 1. The van der Waals surface area contributed by atoms with Crippen molar-refractivity contribution in [3.63, 3.8) is 0 Å². The molecule has 1 atom stereocenters. The fraction of sp³-hybridized carbons (Fsp3) is 0.364. The molecule has 1 rings (SSSR count). The summed E-state index contributed by atoms with van der Waals surface area (Å²) in [6.45, 7) is 3.13. The van der Waals surface area contributed by atoms with Crippen LogP contribution in [0.1, 0.15) is 22.8 Å². The maximum Gasteiger partial charge on any atom is 0.252 e. The van der Waals surface area contributed by atoms with E-state index in [1.54, 1.807) is 19.9 Å². The molecule has 0 bridgehead atoms. The molecule has 0 heterocycles. The van der Waals surface area contributed by atoms with Crippen LogP contribution in [0, 0.1) is 12.7 Å². The zero-order chi connectivity index (χ0) is 12.3. The molecule has 3 nitrogen and oxygen atoms in total. The molecular weight excluding hydrogens is 277 g/mol. The highest BCUT2D eigenvalue weighted by molar-refractivity contribution is 9.10. The van der Waals surface area contributed by atoms with Crippen LogP contribution in [0.5, 0.6) is 0 Å². The first-order valence-electron chi connectivity index (χ1n) is 4.83. The zero-order valence-corrected chi connectivity index (χ0v) is 10.6. The average molecular weight is 290 g/mol. The molecule has 88 valence electrons. The van der Waals surface area contributed by atoms with Crippen LogP contribution >= 0.6 is 15.9 Å². The molecule has 0 radical (unpaired) electrons. The van der Waals surface area contributed by atoms with E-state index < -0.39 is 11.7 Å². The molecule has 0 aliphatic carbocycles. The Labute approximate surface area is 102 Å². The molecule has 1 aromatic rings. The Morgan fingerprint density at radius 3 is 2.81 bits per heavy atom. The first-order chi connectivity index (χ1) is 7.45. The van der Waals surface area contributed by atoms with Crippen LogP contribution in [-0.2, 0) is 0 Å². The first-order valence-corrected chi connectivity index (χ1v) is 5.62. The molecular formula is C11H13BrFNO2. The van der Waals surface area contributed by atoms with Gasteiger partial charge in [-0.05, 0) is 47.5 Å². The second kappa shape index (κ2) is 5.41. The fourth-order valence-corrected chi connectivity index (χ4v) is 1.81. The van der Waals surface area contributed by atoms with Gasteiger partial charge >= 0.3 is 0 Å². The Balaban J connectivity index is 2.96. The van der Waals surface area contributed by atoms with Crippen molar-refractivity contribution in [2.24, 2.45) is 0 Å². The van der Waals surface area contributed by atoms with Gasteiger partial charge in [-0.15, -0.1) is 0 Å². The minimum absolute atomic E-state index is 0.155. The van der Waals surface area contributed by atoms with Gasteiger partial charge in [-0.25, -0.2) is 4.39 Å².